The molecule has 0 amide bonds. The van der Waals surface area contributed by atoms with Crippen molar-refractivity contribution < 1.29 is 4.52 Å². The standard InChI is InChI=1S/C16H15N3O.ClH/c17-14(12-7-3-1-4-8-12)11-15-18-16(19-20-15)13-9-5-2-6-10-13;/h1-10,14H,11,17H2;1H. The Labute approximate surface area is 129 Å². The summed E-state index contributed by atoms with van der Waals surface area (Å²) in [5.41, 5.74) is 8.15. The van der Waals surface area contributed by atoms with E-state index < -0.39 is 0 Å². The van der Waals surface area contributed by atoms with Gasteiger partial charge in [0, 0.05) is 18.0 Å². The van der Waals surface area contributed by atoms with E-state index in [9.17, 15) is 0 Å². The van der Waals surface area contributed by atoms with Crippen LogP contribution in [0.15, 0.2) is 65.2 Å². The summed E-state index contributed by atoms with van der Waals surface area (Å²) < 4.78 is 5.27. The number of nitrogens with two attached hydrogens (primary N) is 1. The van der Waals surface area contributed by atoms with Crippen molar-refractivity contribution in [3.05, 3.63) is 72.1 Å². The van der Waals surface area contributed by atoms with Gasteiger partial charge in [-0.2, -0.15) is 4.98 Å². The molecule has 5 heteroatoms. The summed E-state index contributed by atoms with van der Waals surface area (Å²) in [6.07, 6.45) is 0.532. The molecule has 1 atom stereocenters. The van der Waals surface area contributed by atoms with Crippen LogP contribution in [0.3, 0.4) is 0 Å². The zero-order valence-corrected chi connectivity index (χ0v) is 12.2. The zero-order valence-electron chi connectivity index (χ0n) is 11.3. The Kier molecular flexibility index (Phi) is 5.09. The van der Waals surface area contributed by atoms with Gasteiger partial charge in [-0.25, -0.2) is 0 Å². The smallest absolute Gasteiger partial charge is 0.228 e. The fourth-order valence-corrected chi connectivity index (χ4v) is 2.05. The molecule has 0 radical (unpaired) electrons. The lowest BCUT2D eigenvalue weighted by Crippen LogP contribution is -2.13. The van der Waals surface area contributed by atoms with Gasteiger partial charge in [0.1, 0.15) is 0 Å². The number of hydrogen-bond acceptors (Lipinski definition) is 4. The van der Waals surface area contributed by atoms with E-state index >= 15 is 0 Å². The van der Waals surface area contributed by atoms with Crippen molar-refractivity contribution in [2.75, 3.05) is 0 Å². The molecule has 1 unspecified atom stereocenters. The third-order valence-electron chi connectivity index (χ3n) is 3.12. The van der Waals surface area contributed by atoms with E-state index in [2.05, 4.69) is 10.1 Å². The average Bonchev–Trinajstić information content (AvgIpc) is 2.97. The summed E-state index contributed by atoms with van der Waals surface area (Å²) in [5.74, 6) is 1.15. The van der Waals surface area contributed by atoms with E-state index in [4.69, 9.17) is 10.3 Å². The van der Waals surface area contributed by atoms with Gasteiger partial charge in [0.25, 0.3) is 0 Å². The first-order valence-corrected chi connectivity index (χ1v) is 6.51. The highest BCUT2D eigenvalue weighted by Crippen LogP contribution is 2.18. The molecule has 108 valence electrons. The summed E-state index contributed by atoms with van der Waals surface area (Å²) >= 11 is 0. The van der Waals surface area contributed by atoms with E-state index in [0.717, 1.165) is 11.1 Å². The summed E-state index contributed by atoms with van der Waals surface area (Å²) in [5, 5.41) is 3.99. The minimum absolute atomic E-state index is 0. The molecule has 3 rings (SSSR count). The fourth-order valence-electron chi connectivity index (χ4n) is 2.05. The van der Waals surface area contributed by atoms with Crippen LogP contribution in [0.2, 0.25) is 0 Å². The lowest BCUT2D eigenvalue weighted by molar-refractivity contribution is 0.370. The van der Waals surface area contributed by atoms with Crippen LogP contribution in [0.5, 0.6) is 0 Å². The topological polar surface area (TPSA) is 64.9 Å². The van der Waals surface area contributed by atoms with Crippen molar-refractivity contribution in [2.24, 2.45) is 5.73 Å². The van der Waals surface area contributed by atoms with Crippen LogP contribution in [0.25, 0.3) is 11.4 Å². The van der Waals surface area contributed by atoms with Crippen LogP contribution in [0.1, 0.15) is 17.5 Å². The molecule has 2 aromatic carbocycles. The van der Waals surface area contributed by atoms with Gasteiger partial charge in [-0.15, -0.1) is 12.4 Å². The Morgan fingerprint density at radius 3 is 2.24 bits per heavy atom. The van der Waals surface area contributed by atoms with E-state index in [-0.39, 0.29) is 18.4 Å². The van der Waals surface area contributed by atoms with Gasteiger partial charge in [-0.1, -0.05) is 65.8 Å². The molecule has 3 aromatic rings. The average molecular weight is 302 g/mol. The molecule has 1 aromatic heterocycles. The normalized spacial score (nSPS) is 11.7. The molecule has 0 saturated heterocycles. The highest BCUT2D eigenvalue weighted by Gasteiger charge is 2.13. The van der Waals surface area contributed by atoms with E-state index in [0.29, 0.717) is 18.1 Å². The number of benzene rings is 2. The van der Waals surface area contributed by atoms with Gasteiger partial charge < -0.3 is 10.3 Å². The first-order valence-electron chi connectivity index (χ1n) is 6.51. The second-order valence-corrected chi connectivity index (χ2v) is 4.60. The summed E-state index contributed by atoms with van der Waals surface area (Å²) in [7, 11) is 0. The first kappa shape index (κ1) is 15.2. The summed E-state index contributed by atoms with van der Waals surface area (Å²) in [6, 6.07) is 19.5. The molecule has 0 bridgehead atoms. The maximum absolute atomic E-state index is 6.15. The number of hydrogen-bond donors (Lipinski definition) is 1. The molecule has 0 fully saturated rings. The molecule has 4 nitrogen and oxygen atoms in total. The van der Waals surface area contributed by atoms with Gasteiger partial charge in [0.2, 0.25) is 11.7 Å². The van der Waals surface area contributed by atoms with Crippen LogP contribution in [-0.2, 0) is 6.42 Å². The predicted molar refractivity (Wildman–Crippen MR) is 84.1 cm³/mol. The van der Waals surface area contributed by atoms with Gasteiger partial charge in [0.05, 0.1) is 0 Å². The minimum atomic E-state index is -0.139. The molecule has 0 aliphatic rings. The first-order chi connectivity index (χ1) is 9.83. The molecule has 0 aliphatic heterocycles. The zero-order chi connectivity index (χ0) is 13.8. The third kappa shape index (κ3) is 3.68. The lowest BCUT2D eigenvalue weighted by Gasteiger charge is -2.08. The number of aromatic nitrogens is 2. The molecule has 0 spiro atoms. The number of nitrogens with zero attached hydrogens (tertiary/aromatic N) is 2. The monoisotopic (exact) mass is 301 g/mol. The van der Waals surface area contributed by atoms with Crippen molar-refractivity contribution in [3.8, 4) is 11.4 Å². The fraction of sp³-hybridized carbons (Fsp3) is 0.125. The Morgan fingerprint density at radius 2 is 1.57 bits per heavy atom. The summed E-state index contributed by atoms with van der Waals surface area (Å²) in [6.45, 7) is 0. The van der Waals surface area contributed by atoms with E-state index in [1.165, 1.54) is 0 Å². The Balaban J connectivity index is 0.00000161. The van der Waals surface area contributed by atoms with Crippen molar-refractivity contribution in [1.82, 2.24) is 10.1 Å². The predicted octanol–water partition coefficient (Wildman–Crippen LogP) is 3.40. The van der Waals surface area contributed by atoms with Gasteiger partial charge in [0.15, 0.2) is 0 Å². The second-order valence-electron chi connectivity index (χ2n) is 4.60. The van der Waals surface area contributed by atoms with Crippen LogP contribution in [-0.4, -0.2) is 10.1 Å². The number of rotatable bonds is 4. The quantitative estimate of drug-likeness (QED) is 0.802. The number of halogens is 1. The van der Waals surface area contributed by atoms with Crippen molar-refractivity contribution in [1.29, 1.82) is 0 Å². The van der Waals surface area contributed by atoms with E-state index in [1.54, 1.807) is 0 Å². The minimum Gasteiger partial charge on any atom is -0.339 e. The van der Waals surface area contributed by atoms with Crippen molar-refractivity contribution in [3.63, 3.8) is 0 Å². The van der Waals surface area contributed by atoms with Crippen molar-refractivity contribution >= 4 is 12.4 Å². The lowest BCUT2D eigenvalue weighted by atomic mass is 10.1. The van der Waals surface area contributed by atoms with Crippen molar-refractivity contribution in [2.45, 2.75) is 12.5 Å². The highest BCUT2D eigenvalue weighted by atomic mass is 35.5. The molecule has 0 aliphatic carbocycles. The molecular formula is C16H16ClN3O. The molecule has 0 saturated carbocycles. The molecule has 21 heavy (non-hydrogen) atoms. The third-order valence-corrected chi connectivity index (χ3v) is 3.12. The maximum Gasteiger partial charge on any atom is 0.228 e. The highest BCUT2D eigenvalue weighted by molar-refractivity contribution is 5.85. The molecule has 2 N–H and O–H groups in total. The maximum atomic E-state index is 6.15. The van der Waals surface area contributed by atoms with Crippen LogP contribution < -0.4 is 5.73 Å². The van der Waals surface area contributed by atoms with Crippen LogP contribution in [0.4, 0.5) is 0 Å². The Hall–Kier alpha value is -2.17. The molecule has 1 heterocycles. The molecular weight excluding hydrogens is 286 g/mol. The summed E-state index contributed by atoms with van der Waals surface area (Å²) in [4.78, 5) is 4.39. The Morgan fingerprint density at radius 1 is 0.952 bits per heavy atom. The van der Waals surface area contributed by atoms with Gasteiger partial charge >= 0.3 is 0 Å². The van der Waals surface area contributed by atoms with Crippen LogP contribution in [0, 0.1) is 0 Å². The van der Waals surface area contributed by atoms with Crippen LogP contribution >= 0.6 is 12.4 Å². The van der Waals surface area contributed by atoms with Gasteiger partial charge in [-0.3, -0.25) is 0 Å². The van der Waals surface area contributed by atoms with E-state index in [1.807, 2.05) is 60.7 Å². The van der Waals surface area contributed by atoms with Gasteiger partial charge in [-0.05, 0) is 5.56 Å². The SMILES string of the molecule is Cl.NC(Cc1nc(-c2ccccc2)no1)c1ccccc1. The largest absolute Gasteiger partial charge is 0.339 e. The Bertz CT molecular complexity index is 670. The second kappa shape index (κ2) is 7.02.